The van der Waals surface area contributed by atoms with Gasteiger partial charge in [-0.25, -0.2) is 0 Å². The third kappa shape index (κ3) is 1.05. The van der Waals surface area contributed by atoms with E-state index < -0.39 is 4.33 Å². The zero-order valence-corrected chi connectivity index (χ0v) is 6.23. The molecule has 9 heavy (non-hydrogen) atoms. The monoisotopic (exact) mass is 170 g/mol. The van der Waals surface area contributed by atoms with E-state index in [0.717, 1.165) is 0 Å². The van der Waals surface area contributed by atoms with Crippen LogP contribution in [-0.2, 0) is 0 Å². The summed E-state index contributed by atoms with van der Waals surface area (Å²) in [6, 6.07) is 0. The molecule has 0 aliphatic heterocycles. The molecule has 0 aromatic heterocycles. The van der Waals surface area contributed by atoms with Crippen LogP contribution in [-0.4, -0.2) is 27.8 Å². The standard InChI is InChI=1S/C5H8Cl2O2/c6-5(7)3(1-8)4(5)2-9/h3-4,8-9H,1-2H2/t3-,4+. The molecule has 0 amide bonds. The quantitative estimate of drug-likeness (QED) is 0.590. The first-order chi connectivity index (χ1) is 4.14. The Morgan fingerprint density at radius 2 is 1.44 bits per heavy atom. The van der Waals surface area contributed by atoms with E-state index in [4.69, 9.17) is 33.4 Å². The Morgan fingerprint density at radius 3 is 1.56 bits per heavy atom. The van der Waals surface area contributed by atoms with Crippen molar-refractivity contribution in [2.24, 2.45) is 11.8 Å². The molecule has 2 atom stereocenters. The predicted octanol–water partition coefficient (Wildman–Crippen LogP) is 0.391. The van der Waals surface area contributed by atoms with Gasteiger partial charge >= 0.3 is 0 Å². The molecule has 0 heterocycles. The Kier molecular flexibility index (Phi) is 1.92. The molecule has 1 rings (SSSR count). The summed E-state index contributed by atoms with van der Waals surface area (Å²) in [6.45, 7) is -0.0869. The summed E-state index contributed by atoms with van der Waals surface area (Å²) >= 11 is 11.2. The number of aliphatic hydroxyl groups is 2. The molecule has 0 spiro atoms. The first kappa shape index (κ1) is 7.61. The lowest BCUT2D eigenvalue weighted by atomic mass is 10.3. The van der Waals surface area contributed by atoms with Gasteiger partial charge in [-0.05, 0) is 0 Å². The summed E-state index contributed by atoms with van der Waals surface area (Å²) in [6.07, 6.45) is 0. The molecule has 1 saturated carbocycles. The molecule has 1 aliphatic rings. The van der Waals surface area contributed by atoms with E-state index in [-0.39, 0.29) is 25.0 Å². The normalized spacial score (nSPS) is 38.7. The van der Waals surface area contributed by atoms with E-state index in [1.165, 1.54) is 0 Å². The largest absolute Gasteiger partial charge is 0.396 e. The van der Waals surface area contributed by atoms with Gasteiger partial charge in [0.2, 0.25) is 0 Å². The Balaban J connectivity index is 2.45. The summed E-state index contributed by atoms with van der Waals surface area (Å²) in [5.41, 5.74) is 0. The smallest absolute Gasteiger partial charge is 0.129 e. The highest BCUT2D eigenvalue weighted by Gasteiger charge is 2.62. The molecular weight excluding hydrogens is 163 g/mol. The first-order valence-corrected chi connectivity index (χ1v) is 3.49. The van der Waals surface area contributed by atoms with Gasteiger partial charge in [-0.3, -0.25) is 0 Å². The third-order valence-electron chi connectivity index (χ3n) is 1.76. The van der Waals surface area contributed by atoms with Crippen LogP contribution in [0.5, 0.6) is 0 Å². The van der Waals surface area contributed by atoms with Crippen LogP contribution in [0.25, 0.3) is 0 Å². The fraction of sp³-hybridized carbons (Fsp3) is 1.00. The van der Waals surface area contributed by atoms with Gasteiger partial charge in [0.05, 0.1) is 0 Å². The van der Waals surface area contributed by atoms with Crippen molar-refractivity contribution < 1.29 is 10.2 Å². The molecule has 4 heteroatoms. The Bertz CT molecular complexity index is 104. The zero-order chi connectivity index (χ0) is 7.07. The van der Waals surface area contributed by atoms with E-state index >= 15 is 0 Å². The second kappa shape index (κ2) is 2.27. The predicted molar refractivity (Wildman–Crippen MR) is 35.6 cm³/mol. The Morgan fingerprint density at radius 1 is 1.11 bits per heavy atom. The minimum atomic E-state index is -0.872. The molecule has 2 nitrogen and oxygen atoms in total. The number of rotatable bonds is 2. The molecule has 1 aliphatic carbocycles. The molecule has 1 fully saturated rings. The van der Waals surface area contributed by atoms with Crippen LogP contribution < -0.4 is 0 Å². The van der Waals surface area contributed by atoms with Crippen molar-refractivity contribution in [3.63, 3.8) is 0 Å². The van der Waals surface area contributed by atoms with Crippen molar-refractivity contribution in [1.82, 2.24) is 0 Å². The van der Waals surface area contributed by atoms with Crippen molar-refractivity contribution in [3.05, 3.63) is 0 Å². The highest BCUT2D eigenvalue weighted by atomic mass is 35.5. The Labute approximate surface area is 63.4 Å². The van der Waals surface area contributed by atoms with Crippen molar-refractivity contribution in [1.29, 1.82) is 0 Å². The van der Waals surface area contributed by atoms with Crippen LogP contribution in [0.1, 0.15) is 0 Å². The van der Waals surface area contributed by atoms with Crippen LogP contribution >= 0.6 is 23.2 Å². The summed E-state index contributed by atoms with van der Waals surface area (Å²) in [4.78, 5) is 0. The second-order valence-electron chi connectivity index (χ2n) is 2.25. The van der Waals surface area contributed by atoms with Gasteiger partial charge in [0, 0.05) is 25.0 Å². The highest BCUT2D eigenvalue weighted by Crippen LogP contribution is 2.58. The maximum Gasteiger partial charge on any atom is 0.129 e. The van der Waals surface area contributed by atoms with Crippen molar-refractivity contribution in [2.45, 2.75) is 4.33 Å². The molecule has 54 valence electrons. The number of hydrogen-bond acceptors (Lipinski definition) is 2. The lowest BCUT2D eigenvalue weighted by Crippen LogP contribution is -1.94. The van der Waals surface area contributed by atoms with E-state index in [2.05, 4.69) is 0 Å². The number of halogens is 2. The topological polar surface area (TPSA) is 40.5 Å². The first-order valence-electron chi connectivity index (χ1n) is 2.74. The second-order valence-corrected chi connectivity index (χ2v) is 3.70. The summed E-state index contributed by atoms with van der Waals surface area (Å²) in [5, 5.41) is 17.1. The van der Waals surface area contributed by atoms with Crippen LogP contribution in [0.2, 0.25) is 0 Å². The van der Waals surface area contributed by atoms with Gasteiger partial charge in [0.1, 0.15) is 4.33 Å². The number of alkyl halides is 2. The maximum atomic E-state index is 8.56. The summed E-state index contributed by atoms with van der Waals surface area (Å²) in [7, 11) is 0. The number of aliphatic hydroxyl groups excluding tert-OH is 2. The van der Waals surface area contributed by atoms with Crippen LogP contribution in [0.15, 0.2) is 0 Å². The SMILES string of the molecule is OC[C@@H]1[C@H](CO)C1(Cl)Cl. The maximum absolute atomic E-state index is 8.56. The third-order valence-corrected chi connectivity index (χ3v) is 2.88. The minimum absolute atomic E-state index is 0.0434. The molecule has 0 aromatic carbocycles. The molecule has 0 radical (unpaired) electrons. The lowest BCUT2D eigenvalue weighted by molar-refractivity contribution is 0.232. The van der Waals surface area contributed by atoms with E-state index in [0.29, 0.717) is 0 Å². The molecular formula is C5H8Cl2O2. The number of hydrogen-bond donors (Lipinski definition) is 2. The molecule has 0 saturated heterocycles. The Hall–Kier alpha value is 0.500. The van der Waals surface area contributed by atoms with Gasteiger partial charge in [-0.1, -0.05) is 0 Å². The van der Waals surface area contributed by atoms with Gasteiger partial charge in [0.25, 0.3) is 0 Å². The van der Waals surface area contributed by atoms with E-state index in [9.17, 15) is 0 Å². The van der Waals surface area contributed by atoms with Gasteiger partial charge in [0.15, 0.2) is 0 Å². The molecule has 0 aromatic rings. The van der Waals surface area contributed by atoms with E-state index in [1.54, 1.807) is 0 Å². The van der Waals surface area contributed by atoms with Crippen LogP contribution in [0.3, 0.4) is 0 Å². The molecule has 0 bridgehead atoms. The van der Waals surface area contributed by atoms with E-state index in [1.807, 2.05) is 0 Å². The average Bonchev–Trinajstić information content (AvgIpc) is 2.32. The molecule has 0 unspecified atom stereocenters. The summed E-state index contributed by atoms with van der Waals surface area (Å²) in [5.74, 6) is -0.267. The van der Waals surface area contributed by atoms with Crippen molar-refractivity contribution in [2.75, 3.05) is 13.2 Å². The fourth-order valence-electron chi connectivity index (χ4n) is 0.958. The minimum Gasteiger partial charge on any atom is -0.396 e. The van der Waals surface area contributed by atoms with Crippen molar-refractivity contribution >= 4 is 23.2 Å². The van der Waals surface area contributed by atoms with Gasteiger partial charge < -0.3 is 10.2 Å². The highest BCUT2D eigenvalue weighted by molar-refractivity contribution is 6.51. The van der Waals surface area contributed by atoms with Crippen molar-refractivity contribution in [3.8, 4) is 0 Å². The van der Waals surface area contributed by atoms with Gasteiger partial charge in [-0.15, -0.1) is 23.2 Å². The van der Waals surface area contributed by atoms with Gasteiger partial charge in [-0.2, -0.15) is 0 Å². The van der Waals surface area contributed by atoms with Crippen LogP contribution in [0.4, 0.5) is 0 Å². The van der Waals surface area contributed by atoms with Crippen LogP contribution in [0, 0.1) is 11.8 Å². The zero-order valence-electron chi connectivity index (χ0n) is 4.72. The summed E-state index contributed by atoms with van der Waals surface area (Å²) < 4.78 is -0.872. The molecule has 2 N–H and O–H groups in total. The lowest BCUT2D eigenvalue weighted by Gasteiger charge is -1.91. The fourth-order valence-corrected chi connectivity index (χ4v) is 1.72. The average molecular weight is 171 g/mol.